The number of carbonyl (C=O) groups excluding carboxylic acids is 2. The lowest BCUT2D eigenvalue weighted by molar-refractivity contribution is -0.141. The van der Waals surface area contributed by atoms with Gasteiger partial charge in [-0.2, -0.15) is 0 Å². The molecule has 0 aliphatic rings. The van der Waals surface area contributed by atoms with Crippen molar-refractivity contribution in [1.82, 2.24) is 0 Å². The minimum atomic E-state index is -0.527. The summed E-state index contributed by atoms with van der Waals surface area (Å²) in [7, 11) is 0. The summed E-state index contributed by atoms with van der Waals surface area (Å²) in [5.74, 6) is -0.846. The third-order valence-corrected chi connectivity index (χ3v) is 3.43. The van der Waals surface area contributed by atoms with Crippen LogP contribution in [0.5, 0.6) is 0 Å². The minimum absolute atomic E-state index is 0.267. The van der Waals surface area contributed by atoms with E-state index in [1.165, 1.54) is 11.3 Å². The van der Waals surface area contributed by atoms with E-state index in [0.29, 0.717) is 9.90 Å². The van der Waals surface area contributed by atoms with Crippen molar-refractivity contribution in [3.05, 3.63) is 19.8 Å². The van der Waals surface area contributed by atoms with Crippen LogP contribution in [0.4, 0.5) is 0 Å². The first kappa shape index (κ1) is 12.7. The number of carbonyl (C=O) groups is 2. The number of Topliss-reactive ketones (excluding diaryl/α,β-unsaturated/α-hetero) is 1. The summed E-state index contributed by atoms with van der Waals surface area (Å²) in [5, 5.41) is 0. The molecule has 0 saturated carbocycles. The zero-order valence-electron chi connectivity index (χ0n) is 7.88. The Morgan fingerprint density at radius 3 is 2.73 bits per heavy atom. The Kier molecular flexibility index (Phi) is 4.76. The number of esters is 1. The number of hydrogen-bond donors (Lipinski definition) is 0. The van der Waals surface area contributed by atoms with Gasteiger partial charge < -0.3 is 4.74 Å². The first-order valence-corrected chi connectivity index (χ1v) is 6.17. The molecule has 0 aromatic carbocycles. The van der Waals surface area contributed by atoms with Crippen molar-refractivity contribution in [3.8, 4) is 0 Å². The highest BCUT2D eigenvalue weighted by Gasteiger charge is 2.17. The van der Waals surface area contributed by atoms with E-state index in [0.717, 1.165) is 3.79 Å². The summed E-state index contributed by atoms with van der Waals surface area (Å²) in [4.78, 5) is 22.6. The zero-order chi connectivity index (χ0) is 11.4. The van der Waals surface area contributed by atoms with Gasteiger partial charge in [0.05, 0.1) is 10.4 Å². The van der Waals surface area contributed by atoms with Crippen LogP contribution in [0, 0.1) is 0 Å². The lowest BCUT2D eigenvalue weighted by Crippen LogP contribution is -2.10. The molecule has 0 atom stereocenters. The van der Waals surface area contributed by atoms with Crippen LogP contribution >= 0.6 is 38.9 Å². The van der Waals surface area contributed by atoms with Crippen LogP contribution < -0.4 is 0 Å². The molecule has 0 amide bonds. The van der Waals surface area contributed by atoms with E-state index >= 15 is 0 Å². The SMILES string of the molecule is CCOC(=O)CC(=O)c1cc(Br)sc1Cl. The van der Waals surface area contributed by atoms with Crippen molar-refractivity contribution in [2.45, 2.75) is 13.3 Å². The molecular formula is C9H8BrClO3S. The maximum absolute atomic E-state index is 11.6. The Labute approximate surface area is 105 Å². The number of ketones is 1. The highest BCUT2D eigenvalue weighted by atomic mass is 79.9. The second kappa shape index (κ2) is 5.63. The van der Waals surface area contributed by atoms with Crippen LogP contribution in [0.3, 0.4) is 0 Å². The summed E-state index contributed by atoms with van der Waals surface area (Å²) in [6.45, 7) is 1.96. The predicted octanol–water partition coefficient (Wildman–Crippen LogP) is 3.30. The number of hydrogen-bond acceptors (Lipinski definition) is 4. The summed E-state index contributed by atoms with van der Waals surface area (Å²) in [5.41, 5.74) is 0.363. The smallest absolute Gasteiger partial charge is 0.313 e. The quantitative estimate of drug-likeness (QED) is 0.487. The standard InChI is InChI=1S/C9H8BrClO3S/c1-2-14-8(13)4-6(12)5-3-7(10)15-9(5)11/h3H,2,4H2,1H3. The monoisotopic (exact) mass is 310 g/mol. The molecule has 0 fully saturated rings. The molecule has 82 valence electrons. The molecule has 0 spiro atoms. The molecule has 0 aliphatic heterocycles. The van der Waals surface area contributed by atoms with Crippen molar-refractivity contribution in [3.63, 3.8) is 0 Å². The van der Waals surface area contributed by atoms with Gasteiger partial charge in [-0.3, -0.25) is 9.59 Å². The molecule has 1 heterocycles. The third kappa shape index (κ3) is 3.59. The van der Waals surface area contributed by atoms with Crippen molar-refractivity contribution >= 4 is 50.6 Å². The van der Waals surface area contributed by atoms with Gasteiger partial charge in [0.15, 0.2) is 5.78 Å². The molecule has 0 saturated heterocycles. The molecule has 1 aromatic rings. The first-order valence-electron chi connectivity index (χ1n) is 4.18. The zero-order valence-corrected chi connectivity index (χ0v) is 11.0. The van der Waals surface area contributed by atoms with E-state index in [9.17, 15) is 9.59 Å². The second-order valence-electron chi connectivity index (χ2n) is 2.64. The second-order valence-corrected chi connectivity index (χ2v) is 5.68. The van der Waals surface area contributed by atoms with Crippen LogP contribution in [-0.2, 0) is 9.53 Å². The molecule has 1 aromatic heterocycles. The predicted molar refractivity (Wildman–Crippen MR) is 62.6 cm³/mol. The van der Waals surface area contributed by atoms with E-state index in [2.05, 4.69) is 20.7 Å². The maximum Gasteiger partial charge on any atom is 0.313 e. The molecule has 6 heteroatoms. The van der Waals surface area contributed by atoms with Crippen LogP contribution in [0.1, 0.15) is 23.7 Å². The van der Waals surface area contributed by atoms with Gasteiger partial charge in [0.2, 0.25) is 0 Å². The molecular weight excluding hydrogens is 304 g/mol. The van der Waals surface area contributed by atoms with E-state index < -0.39 is 5.97 Å². The van der Waals surface area contributed by atoms with Crippen LogP contribution in [0.15, 0.2) is 9.85 Å². The number of thiophene rings is 1. The van der Waals surface area contributed by atoms with Gasteiger partial charge >= 0.3 is 5.97 Å². The van der Waals surface area contributed by atoms with Crippen molar-refractivity contribution in [1.29, 1.82) is 0 Å². The highest BCUT2D eigenvalue weighted by molar-refractivity contribution is 9.11. The van der Waals surface area contributed by atoms with Crippen molar-refractivity contribution in [2.75, 3.05) is 6.61 Å². The Balaban J connectivity index is 2.69. The molecule has 0 aliphatic carbocycles. The number of ether oxygens (including phenoxy) is 1. The number of rotatable bonds is 4. The molecule has 0 radical (unpaired) electrons. The van der Waals surface area contributed by atoms with Crippen molar-refractivity contribution in [2.24, 2.45) is 0 Å². The fraction of sp³-hybridized carbons (Fsp3) is 0.333. The summed E-state index contributed by atoms with van der Waals surface area (Å²) < 4.78 is 5.82. The Bertz CT molecular complexity index is 389. The fourth-order valence-electron chi connectivity index (χ4n) is 0.969. The molecule has 0 unspecified atom stereocenters. The third-order valence-electron chi connectivity index (χ3n) is 1.57. The maximum atomic E-state index is 11.6. The molecule has 0 bridgehead atoms. The van der Waals surface area contributed by atoms with E-state index in [1.807, 2.05) is 0 Å². The Morgan fingerprint density at radius 2 is 2.27 bits per heavy atom. The van der Waals surface area contributed by atoms with Crippen LogP contribution in [0.2, 0.25) is 4.34 Å². The topological polar surface area (TPSA) is 43.4 Å². The molecule has 0 N–H and O–H groups in total. The van der Waals surface area contributed by atoms with Gasteiger partial charge in [-0.1, -0.05) is 11.6 Å². The molecule has 3 nitrogen and oxygen atoms in total. The largest absolute Gasteiger partial charge is 0.466 e. The first-order chi connectivity index (χ1) is 7.04. The van der Waals surface area contributed by atoms with E-state index in [1.54, 1.807) is 13.0 Å². The van der Waals surface area contributed by atoms with E-state index in [4.69, 9.17) is 11.6 Å². The van der Waals surface area contributed by atoms with Crippen molar-refractivity contribution < 1.29 is 14.3 Å². The Morgan fingerprint density at radius 1 is 1.60 bits per heavy atom. The Hall–Kier alpha value is -0.390. The highest BCUT2D eigenvalue weighted by Crippen LogP contribution is 2.32. The van der Waals surface area contributed by atoms with Gasteiger partial charge in [0.25, 0.3) is 0 Å². The average Bonchev–Trinajstić information content (AvgIpc) is 2.45. The van der Waals surface area contributed by atoms with Gasteiger partial charge in [-0.25, -0.2) is 0 Å². The van der Waals surface area contributed by atoms with Gasteiger partial charge in [-0.05, 0) is 28.9 Å². The summed E-state index contributed by atoms with van der Waals surface area (Å²) >= 11 is 10.3. The van der Waals surface area contributed by atoms with Gasteiger partial charge in [-0.15, -0.1) is 11.3 Å². The normalized spacial score (nSPS) is 10.1. The number of halogens is 2. The average molecular weight is 312 g/mol. The fourth-order valence-corrected chi connectivity index (χ4v) is 3.00. The molecule has 1 rings (SSSR count). The van der Waals surface area contributed by atoms with Crippen LogP contribution in [0.25, 0.3) is 0 Å². The van der Waals surface area contributed by atoms with Crippen LogP contribution in [-0.4, -0.2) is 18.4 Å². The van der Waals surface area contributed by atoms with Gasteiger partial charge in [0, 0.05) is 5.56 Å². The summed E-state index contributed by atoms with van der Waals surface area (Å²) in [6.07, 6.45) is -0.267. The van der Waals surface area contributed by atoms with E-state index in [-0.39, 0.29) is 18.8 Å². The minimum Gasteiger partial charge on any atom is -0.466 e. The summed E-state index contributed by atoms with van der Waals surface area (Å²) in [6, 6.07) is 1.61. The van der Waals surface area contributed by atoms with Gasteiger partial charge in [0.1, 0.15) is 10.8 Å². The lowest BCUT2D eigenvalue weighted by Gasteiger charge is -1.99. The molecule has 15 heavy (non-hydrogen) atoms. The lowest BCUT2D eigenvalue weighted by atomic mass is 10.2.